The minimum Gasteiger partial charge on any atom is -0.488 e. The van der Waals surface area contributed by atoms with Crippen LogP contribution in [0.1, 0.15) is 12.5 Å². The molecule has 0 saturated heterocycles. The fourth-order valence-corrected chi connectivity index (χ4v) is 1.78. The third-order valence-electron chi connectivity index (χ3n) is 2.76. The van der Waals surface area contributed by atoms with E-state index in [1.165, 1.54) is 5.56 Å². The van der Waals surface area contributed by atoms with Crippen LogP contribution in [0.5, 0.6) is 5.75 Å². The van der Waals surface area contributed by atoms with Crippen molar-refractivity contribution in [2.75, 3.05) is 13.1 Å². The van der Waals surface area contributed by atoms with Crippen molar-refractivity contribution in [2.24, 2.45) is 5.73 Å². The molecule has 2 rings (SSSR count). The summed E-state index contributed by atoms with van der Waals surface area (Å²) in [5.74, 6) is 1.03. The smallest absolute Gasteiger partial charge is 0.123 e. The van der Waals surface area contributed by atoms with E-state index in [2.05, 4.69) is 24.4 Å². The topological polar surface area (TPSA) is 47.3 Å². The van der Waals surface area contributed by atoms with Gasteiger partial charge >= 0.3 is 0 Å². The SMILES string of the molecule is C[C@@H](CN)NCC1Cc2ccccc2O1. The number of hydrogen-bond donors (Lipinski definition) is 2. The molecule has 1 heterocycles. The van der Waals surface area contributed by atoms with Gasteiger partial charge in [-0.25, -0.2) is 0 Å². The molecule has 15 heavy (non-hydrogen) atoms. The van der Waals surface area contributed by atoms with Gasteiger partial charge in [0.05, 0.1) is 0 Å². The second-order valence-corrected chi connectivity index (χ2v) is 4.10. The molecule has 1 aliphatic heterocycles. The van der Waals surface area contributed by atoms with Crippen molar-refractivity contribution in [3.63, 3.8) is 0 Å². The molecule has 3 N–H and O–H groups in total. The van der Waals surface area contributed by atoms with Crippen LogP contribution in [0.2, 0.25) is 0 Å². The van der Waals surface area contributed by atoms with Crippen LogP contribution in [0.4, 0.5) is 0 Å². The van der Waals surface area contributed by atoms with Gasteiger partial charge in [-0.1, -0.05) is 18.2 Å². The summed E-state index contributed by atoms with van der Waals surface area (Å²) in [4.78, 5) is 0. The maximum Gasteiger partial charge on any atom is 0.123 e. The van der Waals surface area contributed by atoms with Crippen LogP contribution in [-0.2, 0) is 6.42 Å². The van der Waals surface area contributed by atoms with Crippen LogP contribution < -0.4 is 15.8 Å². The largest absolute Gasteiger partial charge is 0.488 e. The van der Waals surface area contributed by atoms with Gasteiger partial charge < -0.3 is 15.8 Å². The zero-order valence-electron chi connectivity index (χ0n) is 9.07. The van der Waals surface area contributed by atoms with Gasteiger partial charge in [0.25, 0.3) is 0 Å². The number of nitrogens with two attached hydrogens (primary N) is 1. The van der Waals surface area contributed by atoms with Gasteiger partial charge in [-0.2, -0.15) is 0 Å². The molecule has 0 bridgehead atoms. The van der Waals surface area contributed by atoms with Crippen molar-refractivity contribution < 1.29 is 4.74 Å². The number of benzene rings is 1. The molecule has 82 valence electrons. The van der Waals surface area contributed by atoms with Crippen LogP contribution in [0, 0.1) is 0 Å². The Bertz CT molecular complexity index is 302. The average molecular weight is 206 g/mol. The standard InChI is InChI=1S/C12H18N2O/c1-9(7-13)14-8-11-6-10-4-2-3-5-12(10)15-11/h2-5,9,11,14H,6-8,13H2,1H3/t9-,11?/m0/s1. The molecule has 3 heteroatoms. The minimum atomic E-state index is 0.261. The van der Waals surface area contributed by atoms with Crippen molar-refractivity contribution >= 4 is 0 Å². The van der Waals surface area contributed by atoms with Crippen molar-refractivity contribution in [3.05, 3.63) is 29.8 Å². The molecule has 1 aromatic carbocycles. The molecule has 1 unspecified atom stereocenters. The Kier molecular flexibility index (Phi) is 3.23. The van der Waals surface area contributed by atoms with Gasteiger partial charge in [-0.05, 0) is 18.6 Å². The van der Waals surface area contributed by atoms with Gasteiger partial charge in [-0.3, -0.25) is 0 Å². The van der Waals surface area contributed by atoms with Crippen molar-refractivity contribution in [3.8, 4) is 5.75 Å². The third-order valence-corrected chi connectivity index (χ3v) is 2.76. The highest BCUT2D eigenvalue weighted by molar-refractivity contribution is 5.37. The fourth-order valence-electron chi connectivity index (χ4n) is 1.78. The molecular weight excluding hydrogens is 188 g/mol. The second-order valence-electron chi connectivity index (χ2n) is 4.10. The summed E-state index contributed by atoms with van der Waals surface area (Å²) in [5, 5.41) is 3.36. The first-order valence-electron chi connectivity index (χ1n) is 5.47. The minimum absolute atomic E-state index is 0.261. The van der Waals surface area contributed by atoms with Crippen molar-refractivity contribution in [1.29, 1.82) is 0 Å². The van der Waals surface area contributed by atoms with E-state index in [1.807, 2.05) is 12.1 Å². The number of nitrogens with one attached hydrogen (secondary N) is 1. The van der Waals surface area contributed by atoms with Crippen LogP contribution in [-0.4, -0.2) is 25.2 Å². The van der Waals surface area contributed by atoms with E-state index >= 15 is 0 Å². The maximum atomic E-state index is 5.80. The van der Waals surface area contributed by atoms with E-state index in [9.17, 15) is 0 Å². The molecule has 0 aromatic heterocycles. The summed E-state index contributed by atoms with van der Waals surface area (Å²) < 4.78 is 5.80. The lowest BCUT2D eigenvalue weighted by Crippen LogP contribution is -2.39. The summed E-state index contributed by atoms with van der Waals surface area (Å²) in [6.45, 7) is 3.62. The first kappa shape index (κ1) is 10.5. The normalized spacial score (nSPS) is 20.8. The van der Waals surface area contributed by atoms with E-state index in [1.54, 1.807) is 0 Å². The Morgan fingerprint density at radius 1 is 1.53 bits per heavy atom. The van der Waals surface area contributed by atoms with Crippen LogP contribution in [0.3, 0.4) is 0 Å². The average Bonchev–Trinajstić information content (AvgIpc) is 2.68. The maximum absolute atomic E-state index is 5.80. The number of fused-ring (bicyclic) bond motifs is 1. The Balaban J connectivity index is 1.85. The lowest BCUT2D eigenvalue weighted by atomic mass is 10.1. The van der Waals surface area contributed by atoms with Gasteiger partial charge in [-0.15, -0.1) is 0 Å². The number of rotatable bonds is 4. The number of hydrogen-bond acceptors (Lipinski definition) is 3. The highest BCUT2D eigenvalue weighted by Crippen LogP contribution is 2.27. The summed E-state index contributed by atoms with van der Waals surface area (Å²) in [6.07, 6.45) is 1.26. The molecule has 0 amide bonds. The molecule has 2 atom stereocenters. The number of para-hydroxylation sites is 1. The fraction of sp³-hybridized carbons (Fsp3) is 0.500. The molecule has 0 spiro atoms. The summed E-state index contributed by atoms with van der Waals surface area (Å²) >= 11 is 0. The number of ether oxygens (including phenoxy) is 1. The van der Waals surface area contributed by atoms with Crippen molar-refractivity contribution in [2.45, 2.75) is 25.5 Å². The predicted octanol–water partition coefficient (Wildman–Crippen LogP) is 0.927. The molecular formula is C12H18N2O. The Labute approximate surface area is 90.6 Å². The zero-order chi connectivity index (χ0) is 10.7. The second kappa shape index (κ2) is 4.64. The predicted molar refractivity (Wildman–Crippen MR) is 61.1 cm³/mol. The Morgan fingerprint density at radius 3 is 3.07 bits per heavy atom. The first-order chi connectivity index (χ1) is 7.29. The van der Waals surface area contributed by atoms with E-state index < -0.39 is 0 Å². The lowest BCUT2D eigenvalue weighted by molar-refractivity contribution is 0.223. The van der Waals surface area contributed by atoms with Crippen LogP contribution in [0.25, 0.3) is 0 Å². The molecule has 3 nitrogen and oxygen atoms in total. The van der Waals surface area contributed by atoms with E-state index in [-0.39, 0.29) is 6.10 Å². The van der Waals surface area contributed by atoms with E-state index in [0.717, 1.165) is 18.7 Å². The molecule has 1 aliphatic rings. The first-order valence-corrected chi connectivity index (χ1v) is 5.47. The van der Waals surface area contributed by atoms with Crippen molar-refractivity contribution in [1.82, 2.24) is 5.32 Å². The molecule has 0 radical (unpaired) electrons. The van der Waals surface area contributed by atoms with Gasteiger partial charge in [0.1, 0.15) is 11.9 Å². The Hall–Kier alpha value is -1.06. The zero-order valence-corrected chi connectivity index (χ0v) is 9.07. The van der Waals surface area contributed by atoms with Gasteiger partial charge in [0, 0.05) is 25.6 Å². The molecule has 1 aromatic rings. The van der Waals surface area contributed by atoms with E-state index in [4.69, 9.17) is 10.5 Å². The highest BCUT2D eigenvalue weighted by atomic mass is 16.5. The molecule has 0 aliphatic carbocycles. The molecule has 0 fully saturated rings. The highest BCUT2D eigenvalue weighted by Gasteiger charge is 2.21. The lowest BCUT2D eigenvalue weighted by Gasteiger charge is -2.15. The summed E-state index contributed by atoms with van der Waals surface area (Å²) in [5.41, 5.74) is 6.85. The summed E-state index contributed by atoms with van der Waals surface area (Å²) in [7, 11) is 0. The van der Waals surface area contributed by atoms with Gasteiger partial charge in [0.15, 0.2) is 0 Å². The monoisotopic (exact) mass is 206 g/mol. The van der Waals surface area contributed by atoms with E-state index in [0.29, 0.717) is 12.6 Å². The molecule has 0 saturated carbocycles. The van der Waals surface area contributed by atoms with Gasteiger partial charge in [0.2, 0.25) is 0 Å². The Morgan fingerprint density at radius 2 is 2.33 bits per heavy atom. The van der Waals surface area contributed by atoms with Crippen LogP contribution in [0.15, 0.2) is 24.3 Å². The summed E-state index contributed by atoms with van der Waals surface area (Å²) in [6, 6.07) is 8.58. The third kappa shape index (κ3) is 2.49. The quantitative estimate of drug-likeness (QED) is 0.770. The van der Waals surface area contributed by atoms with Crippen LogP contribution >= 0.6 is 0 Å².